The van der Waals surface area contributed by atoms with E-state index in [4.69, 9.17) is 10.5 Å². The zero-order chi connectivity index (χ0) is 22.8. The van der Waals surface area contributed by atoms with E-state index >= 15 is 0 Å². The third kappa shape index (κ3) is 10.2. The fraction of sp³-hybridized carbons (Fsp3) is 0.750. The van der Waals surface area contributed by atoms with E-state index in [1.165, 1.54) is 12.1 Å². The summed E-state index contributed by atoms with van der Waals surface area (Å²) in [6, 6.07) is 4.33. The monoisotopic (exact) mass is 431 g/mol. The first-order chi connectivity index (χ1) is 13.9. The minimum absolute atomic E-state index is 0.0988. The number of rotatable bonds is 14. The van der Waals surface area contributed by atoms with Crippen molar-refractivity contribution >= 4 is 0 Å². The van der Waals surface area contributed by atoms with E-state index < -0.39 is 22.9 Å². The second-order valence-corrected chi connectivity index (χ2v) is 9.12. The molecule has 1 aromatic carbocycles. The summed E-state index contributed by atoms with van der Waals surface area (Å²) in [5, 5.41) is 9.95. The van der Waals surface area contributed by atoms with Gasteiger partial charge in [-0.25, -0.2) is 0 Å². The highest BCUT2D eigenvalue weighted by atomic mass is 19.4. The predicted molar refractivity (Wildman–Crippen MR) is 117 cm³/mol. The summed E-state index contributed by atoms with van der Waals surface area (Å²) in [6.45, 7) is 7.87. The summed E-state index contributed by atoms with van der Waals surface area (Å²) >= 11 is 0. The van der Waals surface area contributed by atoms with E-state index in [1.54, 1.807) is 19.9 Å². The maximum Gasteiger partial charge on any atom is 0.419 e. The molecule has 30 heavy (non-hydrogen) atoms. The summed E-state index contributed by atoms with van der Waals surface area (Å²) in [5.74, 6) is -0.0988. The van der Waals surface area contributed by atoms with Gasteiger partial charge in [0.1, 0.15) is 5.75 Å². The van der Waals surface area contributed by atoms with E-state index in [-0.39, 0.29) is 5.75 Å². The second kappa shape index (κ2) is 11.9. The van der Waals surface area contributed by atoms with Crippen molar-refractivity contribution in [3.05, 3.63) is 29.3 Å². The first-order valence-electron chi connectivity index (χ1n) is 11.2. The number of benzene rings is 1. The minimum Gasteiger partial charge on any atom is -0.493 e. The van der Waals surface area contributed by atoms with Gasteiger partial charge < -0.3 is 15.6 Å². The van der Waals surface area contributed by atoms with E-state index in [0.717, 1.165) is 32.1 Å². The summed E-state index contributed by atoms with van der Waals surface area (Å²) < 4.78 is 46.2. The molecule has 0 aliphatic carbocycles. The van der Waals surface area contributed by atoms with E-state index in [9.17, 15) is 18.3 Å². The molecule has 0 aliphatic rings. The summed E-state index contributed by atoms with van der Waals surface area (Å²) in [6.07, 6.45) is 3.50. The molecule has 1 rings (SSSR count). The van der Waals surface area contributed by atoms with E-state index in [0.29, 0.717) is 44.3 Å². The molecule has 0 spiro atoms. The maximum absolute atomic E-state index is 13.6. The molecule has 3 N–H and O–H groups in total. The highest BCUT2D eigenvalue weighted by molar-refractivity contribution is 5.39. The number of ether oxygens (including phenoxy) is 1. The van der Waals surface area contributed by atoms with Crippen molar-refractivity contribution in [1.82, 2.24) is 0 Å². The average Bonchev–Trinajstić information content (AvgIpc) is 2.66. The van der Waals surface area contributed by atoms with Gasteiger partial charge in [-0.2, -0.15) is 13.2 Å². The Bertz CT molecular complexity index is 626. The van der Waals surface area contributed by atoms with Crippen LogP contribution >= 0.6 is 0 Å². The average molecular weight is 432 g/mol. The number of halogens is 3. The fourth-order valence-electron chi connectivity index (χ4n) is 3.39. The Morgan fingerprint density at radius 3 is 2.20 bits per heavy atom. The molecule has 3 nitrogen and oxygen atoms in total. The number of hydrogen-bond acceptors (Lipinski definition) is 3. The molecule has 0 saturated heterocycles. The number of unbranched alkanes of at least 4 members (excludes halogenated alkanes) is 4. The van der Waals surface area contributed by atoms with Gasteiger partial charge in [0.05, 0.1) is 17.8 Å². The first-order valence-corrected chi connectivity index (χ1v) is 11.2. The molecule has 0 amide bonds. The van der Waals surface area contributed by atoms with Crippen LogP contribution in [0.1, 0.15) is 96.6 Å². The zero-order valence-corrected chi connectivity index (χ0v) is 19.1. The zero-order valence-electron chi connectivity index (χ0n) is 19.1. The molecule has 0 radical (unpaired) electrons. The SMILES string of the molecule is CCCCCCCOc1ccc(CCC(N)(CC)CCC(C)(C)O)cc1C(F)(F)F. The van der Waals surface area contributed by atoms with Crippen LogP contribution in [-0.4, -0.2) is 22.9 Å². The van der Waals surface area contributed by atoms with Gasteiger partial charge in [-0.05, 0) is 70.1 Å². The van der Waals surface area contributed by atoms with Gasteiger partial charge >= 0.3 is 6.18 Å². The molecule has 0 fully saturated rings. The summed E-state index contributed by atoms with van der Waals surface area (Å²) in [4.78, 5) is 0. The Kier molecular flexibility index (Phi) is 10.7. The van der Waals surface area contributed by atoms with Crippen molar-refractivity contribution in [1.29, 1.82) is 0 Å². The standard InChI is InChI=1S/C24H40F3NO2/c1-5-7-8-9-10-17-30-21-12-11-19(18-20(21)24(25,26)27)13-14-23(28,6-2)16-15-22(3,4)29/h11-12,18,29H,5-10,13-17,28H2,1-4H3. The van der Waals surface area contributed by atoms with Crippen molar-refractivity contribution in [3.8, 4) is 5.75 Å². The van der Waals surface area contributed by atoms with Crippen molar-refractivity contribution in [2.24, 2.45) is 5.73 Å². The molecule has 0 bridgehead atoms. The number of hydrogen-bond donors (Lipinski definition) is 2. The largest absolute Gasteiger partial charge is 0.493 e. The van der Waals surface area contributed by atoms with Crippen molar-refractivity contribution in [2.75, 3.05) is 6.61 Å². The molecule has 1 aromatic rings. The molecule has 174 valence electrons. The number of aliphatic hydroxyl groups is 1. The Morgan fingerprint density at radius 1 is 0.967 bits per heavy atom. The molecule has 0 heterocycles. The molecular weight excluding hydrogens is 391 g/mol. The maximum atomic E-state index is 13.6. The minimum atomic E-state index is -4.46. The van der Waals surface area contributed by atoms with Crippen molar-refractivity contribution in [2.45, 2.75) is 109 Å². The van der Waals surface area contributed by atoms with Gasteiger partial charge in [0.25, 0.3) is 0 Å². The highest BCUT2D eigenvalue weighted by Gasteiger charge is 2.35. The Hall–Kier alpha value is -1.27. The van der Waals surface area contributed by atoms with Crippen LogP contribution in [-0.2, 0) is 12.6 Å². The van der Waals surface area contributed by atoms with Crippen LogP contribution in [0.2, 0.25) is 0 Å². The van der Waals surface area contributed by atoms with Gasteiger partial charge in [-0.15, -0.1) is 0 Å². The van der Waals surface area contributed by atoms with Gasteiger partial charge in [-0.3, -0.25) is 0 Å². The highest BCUT2D eigenvalue weighted by Crippen LogP contribution is 2.37. The molecule has 1 unspecified atom stereocenters. The normalized spacial score (nSPS) is 14.6. The van der Waals surface area contributed by atoms with Gasteiger partial charge in [-0.1, -0.05) is 45.6 Å². The van der Waals surface area contributed by atoms with Crippen molar-refractivity contribution < 1.29 is 23.0 Å². The third-order valence-electron chi connectivity index (χ3n) is 5.71. The van der Waals surface area contributed by atoms with E-state index in [2.05, 4.69) is 6.92 Å². The lowest BCUT2D eigenvalue weighted by molar-refractivity contribution is -0.139. The lowest BCUT2D eigenvalue weighted by Crippen LogP contribution is -2.41. The second-order valence-electron chi connectivity index (χ2n) is 9.12. The van der Waals surface area contributed by atoms with Crippen LogP contribution in [0.5, 0.6) is 5.75 Å². The molecular formula is C24H40F3NO2. The Morgan fingerprint density at radius 2 is 1.63 bits per heavy atom. The molecule has 1 atom stereocenters. The van der Waals surface area contributed by atoms with E-state index in [1.807, 2.05) is 6.92 Å². The predicted octanol–water partition coefficient (Wildman–Crippen LogP) is 6.65. The molecule has 0 aliphatic heterocycles. The van der Waals surface area contributed by atoms with Crippen LogP contribution in [0.4, 0.5) is 13.2 Å². The number of nitrogens with two attached hydrogens (primary N) is 1. The van der Waals surface area contributed by atoms with Gasteiger partial charge in [0, 0.05) is 5.54 Å². The first kappa shape index (κ1) is 26.8. The molecule has 0 aromatic heterocycles. The summed E-state index contributed by atoms with van der Waals surface area (Å²) in [5.41, 5.74) is 5.03. The molecule has 0 saturated carbocycles. The molecule has 6 heteroatoms. The quantitative estimate of drug-likeness (QED) is 0.324. The topological polar surface area (TPSA) is 55.5 Å². The fourth-order valence-corrected chi connectivity index (χ4v) is 3.39. The third-order valence-corrected chi connectivity index (χ3v) is 5.71. The van der Waals surface area contributed by atoms with Crippen LogP contribution in [0.25, 0.3) is 0 Å². The number of alkyl halides is 3. The number of aryl methyl sites for hydroxylation is 1. The van der Waals surface area contributed by atoms with Crippen LogP contribution in [0.15, 0.2) is 18.2 Å². The van der Waals surface area contributed by atoms with Crippen LogP contribution in [0, 0.1) is 0 Å². The Labute approximate surface area is 180 Å². The van der Waals surface area contributed by atoms with Crippen LogP contribution in [0.3, 0.4) is 0 Å². The Balaban J connectivity index is 2.77. The lowest BCUT2D eigenvalue weighted by atomic mass is 9.82. The summed E-state index contributed by atoms with van der Waals surface area (Å²) in [7, 11) is 0. The lowest BCUT2D eigenvalue weighted by Gasteiger charge is -2.31. The van der Waals surface area contributed by atoms with Crippen LogP contribution < -0.4 is 10.5 Å². The smallest absolute Gasteiger partial charge is 0.419 e. The van der Waals surface area contributed by atoms with Gasteiger partial charge in [0.15, 0.2) is 0 Å². The van der Waals surface area contributed by atoms with Crippen molar-refractivity contribution in [3.63, 3.8) is 0 Å². The van der Waals surface area contributed by atoms with Gasteiger partial charge in [0.2, 0.25) is 0 Å².